The lowest BCUT2D eigenvalue weighted by Crippen LogP contribution is -2.39. The molecule has 1 heterocycles. The van der Waals surface area contributed by atoms with Gasteiger partial charge in [-0.1, -0.05) is 18.2 Å². The number of ether oxygens (including phenoxy) is 1. The molecule has 2 N–H and O–H groups in total. The smallest absolute Gasteiger partial charge is 0.228 e. The van der Waals surface area contributed by atoms with Crippen LogP contribution in [0.5, 0.6) is 0 Å². The van der Waals surface area contributed by atoms with Crippen molar-refractivity contribution in [2.45, 2.75) is 26.3 Å². The van der Waals surface area contributed by atoms with Crippen molar-refractivity contribution in [3.8, 4) is 0 Å². The fourth-order valence-corrected chi connectivity index (χ4v) is 2.42. The molecule has 0 spiro atoms. The Balaban J connectivity index is 2.03. The molecular formula is C15H22N2O2. The van der Waals surface area contributed by atoms with Crippen LogP contribution in [0, 0.1) is 5.92 Å². The van der Waals surface area contributed by atoms with Gasteiger partial charge in [-0.15, -0.1) is 0 Å². The number of hydrogen-bond acceptors (Lipinski definition) is 3. The SMILES string of the molecule is CCN(Cc1ccccc1N)C(=O)C1CCCOC1. The van der Waals surface area contributed by atoms with Crippen LogP contribution in [0.15, 0.2) is 24.3 Å². The van der Waals surface area contributed by atoms with Gasteiger partial charge in [0, 0.05) is 25.4 Å². The van der Waals surface area contributed by atoms with E-state index in [4.69, 9.17) is 10.5 Å². The van der Waals surface area contributed by atoms with Crippen LogP contribution in [-0.2, 0) is 16.1 Å². The molecule has 4 heteroatoms. The van der Waals surface area contributed by atoms with Gasteiger partial charge < -0.3 is 15.4 Å². The third-order valence-electron chi connectivity index (χ3n) is 3.62. The molecule has 1 amide bonds. The van der Waals surface area contributed by atoms with E-state index in [0.29, 0.717) is 19.7 Å². The zero-order valence-electron chi connectivity index (χ0n) is 11.5. The van der Waals surface area contributed by atoms with Crippen molar-refractivity contribution >= 4 is 11.6 Å². The highest BCUT2D eigenvalue weighted by atomic mass is 16.5. The molecule has 1 fully saturated rings. The van der Waals surface area contributed by atoms with Crippen LogP contribution >= 0.6 is 0 Å². The van der Waals surface area contributed by atoms with Crippen LogP contribution in [0.4, 0.5) is 5.69 Å². The first-order valence-electron chi connectivity index (χ1n) is 6.92. The van der Waals surface area contributed by atoms with Gasteiger partial charge in [0.1, 0.15) is 0 Å². The zero-order chi connectivity index (χ0) is 13.7. The molecule has 1 saturated heterocycles. The van der Waals surface area contributed by atoms with E-state index in [-0.39, 0.29) is 11.8 Å². The van der Waals surface area contributed by atoms with E-state index >= 15 is 0 Å². The average Bonchev–Trinajstić information content (AvgIpc) is 2.47. The minimum Gasteiger partial charge on any atom is -0.398 e. The van der Waals surface area contributed by atoms with Gasteiger partial charge in [0.25, 0.3) is 0 Å². The lowest BCUT2D eigenvalue weighted by molar-refractivity contribution is -0.140. The van der Waals surface area contributed by atoms with Crippen molar-refractivity contribution in [2.75, 3.05) is 25.5 Å². The van der Waals surface area contributed by atoms with Gasteiger partial charge in [0.15, 0.2) is 0 Å². The molecule has 1 aromatic rings. The number of rotatable bonds is 4. The molecule has 19 heavy (non-hydrogen) atoms. The maximum atomic E-state index is 12.5. The summed E-state index contributed by atoms with van der Waals surface area (Å²) in [6.45, 7) is 4.62. The summed E-state index contributed by atoms with van der Waals surface area (Å²) in [5.41, 5.74) is 7.69. The van der Waals surface area contributed by atoms with E-state index in [1.165, 1.54) is 0 Å². The van der Waals surface area contributed by atoms with Crippen molar-refractivity contribution in [1.82, 2.24) is 4.90 Å². The van der Waals surface area contributed by atoms with Crippen LogP contribution in [0.3, 0.4) is 0 Å². The van der Waals surface area contributed by atoms with Crippen LogP contribution in [0.1, 0.15) is 25.3 Å². The van der Waals surface area contributed by atoms with Gasteiger partial charge in [-0.3, -0.25) is 4.79 Å². The number of benzene rings is 1. The number of carbonyl (C=O) groups is 1. The maximum absolute atomic E-state index is 12.5. The largest absolute Gasteiger partial charge is 0.398 e. The normalized spacial score (nSPS) is 19.1. The summed E-state index contributed by atoms with van der Waals surface area (Å²) in [5.74, 6) is 0.198. The number of anilines is 1. The standard InChI is InChI=1S/C15H22N2O2/c1-2-17(10-12-6-3-4-8-14(12)16)15(18)13-7-5-9-19-11-13/h3-4,6,8,13H,2,5,7,9-11,16H2,1H3. The fraction of sp³-hybridized carbons (Fsp3) is 0.533. The second-order valence-corrected chi connectivity index (χ2v) is 4.97. The second-order valence-electron chi connectivity index (χ2n) is 4.97. The second kappa shape index (κ2) is 6.57. The monoisotopic (exact) mass is 262 g/mol. The Morgan fingerprint density at radius 2 is 2.26 bits per heavy atom. The number of hydrogen-bond donors (Lipinski definition) is 1. The minimum atomic E-state index is 0.0126. The Morgan fingerprint density at radius 3 is 2.89 bits per heavy atom. The quantitative estimate of drug-likeness (QED) is 0.845. The molecule has 2 rings (SSSR count). The molecule has 0 aliphatic carbocycles. The number of amides is 1. The van der Waals surface area contributed by atoms with E-state index in [0.717, 1.165) is 30.7 Å². The van der Waals surface area contributed by atoms with Gasteiger partial charge in [0.2, 0.25) is 5.91 Å². The highest BCUT2D eigenvalue weighted by molar-refractivity contribution is 5.79. The molecule has 4 nitrogen and oxygen atoms in total. The van der Waals surface area contributed by atoms with Crippen molar-refractivity contribution in [3.63, 3.8) is 0 Å². The van der Waals surface area contributed by atoms with Crippen LogP contribution in [0.25, 0.3) is 0 Å². The first-order valence-corrected chi connectivity index (χ1v) is 6.92. The first-order chi connectivity index (χ1) is 9.22. The highest BCUT2D eigenvalue weighted by Crippen LogP contribution is 2.19. The maximum Gasteiger partial charge on any atom is 0.228 e. The van der Waals surface area contributed by atoms with Crippen molar-refractivity contribution in [2.24, 2.45) is 5.92 Å². The van der Waals surface area contributed by atoms with Crippen LogP contribution < -0.4 is 5.73 Å². The van der Waals surface area contributed by atoms with Gasteiger partial charge in [0.05, 0.1) is 12.5 Å². The zero-order valence-corrected chi connectivity index (χ0v) is 11.5. The molecule has 0 bridgehead atoms. The number of nitrogen functional groups attached to an aromatic ring is 1. The van der Waals surface area contributed by atoms with E-state index in [1.54, 1.807) is 0 Å². The summed E-state index contributed by atoms with van der Waals surface area (Å²) >= 11 is 0. The lowest BCUT2D eigenvalue weighted by atomic mass is 10.00. The summed E-state index contributed by atoms with van der Waals surface area (Å²) in [4.78, 5) is 14.3. The Morgan fingerprint density at radius 1 is 1.47 bits per heavy atom. The van der Waals surface area contributed by atoms with Crippen molar-refractivity contribution in [3.05, 3.63) is 29.8 Å². The van der Waals surface area contributed by atoms with Crippen molar-refractivity contribution < 1.29 is 9.53 Å². The highest BCUT2D eigenvalue weighted by Gasteiger charge is 2.26. The fourth-order valence-electron chi connectivity index (χ4n) is 2.42. The van der Waals surface area contributed by atoms with Gasteiger partial charge in [-0.25, -0.2) is 0 Å². The average molecular weight is 262 g/mol. The molecule has 1 atom stereocenters. The number of nitrogens with zero attached hydrogens (tertiary/aromatic N) is 1. The molecule has 104 valence electrons. The first kappa shape index (κ1) is 13.9. The van der Waals surface area contributed by atoms with Crippen LogP contribution in [0.2, 0.25) is 0 Å². The third kappa shape index (κ3) is 3.47. The molecule has 0 aromatic heterocycles. The molecule has 0 radical (unpaired) electrons. The molecule has 0 saturated carbocycles. The Kier molecular flexibility index (Phi) is 4.80. The van der Waals surface area contributed by atoms with Gasteiger partial charge in [-0.2, -0.15) is 0 Å². The Hall–Kier alpha value is -1.55. The molecule has 1 unspecified atom stereocenters. The number of para-hydroxylation sites is 1. The third-order valence-corrected chi connectivity index (χ3v) is 3.62. The predicted octanol–water partition coefficient (Wildman–Crippen LogP) is 2.04. The lowest BCUT2D eigenvalue weighted by Gasteiger charge is -2.28. The van der Waals surface area contributed by atoms with Gasteiger partial charge >= 0.3 is 0 Å². The summed E-state index contributed by atoms with van der Waals surface area (Å²) in [6, 6.07) is 7.71. The minimum absolute atomic E-state index is 0.0126. The Bertz CT molecular complexity index is 428. The summed E-state index contributed by atoms with van der Waals surface area (Å²) < 4.78 is 5.40. The molecular weight excluding hydrogens is 240 g/mol. The van der Waals surface area contributed by atoms with E-state index in [2.05, 4.69) is 0 Å². The summed E-state index contributed by atoms with van der Waals surface area (Å²) in [6.07, 6.45) is 1.90. The summed E-state index contributed by atoms with van der Waals surface area (Å²) in [5, 5.41) is 0. The summed E-state index contributed by atoms with van der Waals surface area (Å²) in [7, 11) is 0. The molecule has 1 aromatic carbocycles. The molecule has 1 aliphatic heterocycles. The predicted molar refractivity (Wildman–Crippen MR) is 75.5 cm³/mol. The number of nitrogens with two attached hydrogens (primary N) is 1. The molecule has 1 aliphatic rings. The van der Waals surface area contributed by atoms with Gasteiger partial charge in [-0.05, 0) is 31.4 Å². The Labute approximate surface area is 114 Å². The van der Waals surface area contributed by atoms with E-state index in [9.17, 15) is 4.79 Å². The number of carbonyl (C=O) groups excluding carboxylic acids is 1. The van der Waals surface area contributed by atoms with Crippen molar-refractivity contribution in [1.29, 1.82) is 0 Å². The van der Waals surface area contributed by atoms with Crippen LogP contribution in [-0.4, -0.2) is 30.6 Å². The topological polar surface area (TPSA) is 55.6 Å². The van der Waals surface area contributed by atoms with E-state index in [1.807, 2.05) is 36.1 Å². The van der Waals surface area contributed by atoms with E-state index < -0.39 is 0 Å².